The first-order chi connectivity index (χ1) is 12.4. The Labute approximate surface area is 145 Å². The first kappa shape index (κ1) is 15.2. The lowest BCUT2D eigenvalue weighted by Crippen LogP contribution is -2.08. The van der Waals surface area contributed by atoms with Gasteiger partial charge in [0.1, 0.15) is 5.82 Å². The van der Waals surface area contributed by atoms with Crippen molar-refractivity contribution in [3.8, 4) is 11.4 Å². The molecule has 4 aromatic rings. The Morgan fingerprint density at radius 3 is 2.48 bits per heavy atom. The van der Waals surface area contributed by atoms with Crippen molar-refractivity contribution in [3.05, 3.63) is 78.9 Å². The van der Waals surface area contributed by atoms with Crippen molar-refractivity contribution in [1.82, 2.24) is 19.9 Å². The van der Waals surface area contributed by atoms with Gasteiger partial charge in [-0.05, 0) is 36.4 Å². The molecule has 0 aliphatic heterocycles. The van der Waals surface area contributed by atoms with Crippen LogP contribution < -0.4 is 5.32 Å². The average Bonchev–Trinajstić information content (AvgIpc) is 2.69. The molecule has 0 radical (unpaired) electrons. The van der Waals surface area contributed by atoms with Crippen LogP contribution in [0.15, 0.2) is 73.2 Å². The van der Waals surface area contributed by atoms with E-state index in [0.717, 1.165) is 40.9 Å². The van der Waals surface area contributed by atoms with E-state index in [9.17, 15) is 0 Å². The van der Waals surface area contributed by atoms with E-state index >= 15 is 0 Å². The number of nitrogens with zero attached hydrogens (tertiary/aromatic N) is 4. The predicted molar refractivity (Wildman–Crippen MR) is 99.2 cm³/mol. The maximum atomic E-state index is 4.73. The maximum Gasteiger partial charge on any atom is 0.162 e. The Bertz CT molecular complexity index is 971. The first-order valence-corrected chi connectivity index (χ1v) is 8.21. The smallest absolute Gasteiger partial charge is 0.162 e. The highest BCUT2D eigenvalue weighted by Gasteiger charge is 2.09. The Balaban J connectivity index is 1.64. The summed E-state index contributed by atoms with van der Waals surface area (Å²) in [6.45, 7) is 0.758. The first-order valence-electron chi connectivity index (χ1n) is 8.21. The molecule has 5 heteroatoms. The Hall–Kier alpha value is -3.34. The molecule has 1 aromatic carbocycles. The standard InChI is InChI=1S/C20H17N5/c1-2-7-18-17(6-1)20(23-14-10-16-5-3-4-11-22-16)25-19(24-18)15-8-12-21-13-9-15/h1-9,11-13H,10,14H2,(H,23,24,25). The molecule has 3 heterocycles. The van der Waals surface area contributed by atoms with Crippen LogP contribution in [0.25, 0.3) is 22.3 Å². The number of fused-ring (bicyclic) bond motifs is 1. The predicted octanol–water partition coefficient (Wildman–Crippen LogP) is 3.74. The van der Waals surface area contributed by atoms with Crippen LogP contribution in [0.5, 0.6) is 0 Å². The molecule has 0 amide bonds. The molecule has 0 atom stereocenters. The topological polar surface area (TPSA) is 63.6 Å². The number of benzene rings is 1. The van der Waals surface area contributed by atoms with Crippen molar-refractivity contribution in [1.29, 1.82) is 0 Å². The number of nitrogens with one attached hydrogen (secondary N) is 1. The largest absolute Gasteiger partial charge is 0.369 e. The molecule has 0 spiro atoms. The molecule has 0 unspecified atom stereocenters. The molecule has 0 saturated heterocycles. The molecule has 4 rings (SSSR count). The van der Waals surface area contributed by atoms with E-state index in [-0.39, 0.29) is 0 Å². The summed E-state index contributed by atoms with van der Waals surface area (Å²) < 4.78 is 0. The number of rotatable bonds is 5. The second-order valence-electron chi connectivity index (χ2n) is 5.65. The summed E-state index contributed by atoms with van der Waals surface area (Å²) in [6, 6.07) is 17.8. The molecule has 25 heavy (non-hydrogen) atoms. The highest BCUT2D eigenvalue weighted by molar-refractivity contribution is 5.90. The third-order valence-corrected chi connectivity index (χ3v) is 3.94. The van der Waals surface area contributed by atoms with Gasteiger partial charge in [0.15, 0.2) is 5.82 Å². The SMILES string of the molecule is c1ccc(CCNc2nc(-c3ccncc3)nc3ccccc23)nc1. The van der Waals surface area contributed by atoms with Crippen LogP contribution in [-0.4, -0.2) is 26.5 Å². The minimum absolute atomic E-state index is 0.696. The summed E-state index contributed by atoms with van der Waals surface area (Å²) in [5, 5.41) is 4.45. The summed E-state index contributed by atoms with van der Waals surface area (Å²) >= 11 is 0. The van der Waals surface area contributed by atoms with Gasteiger partial charge in [0.05, 0.1) is 5.52 Å². The van der Waals surface area contributed by atoms with Gasteiger partial charge in [0.25, 0.3) is 0 Å². The Kier molecular flexibility index (Phi) is 4.29. The van der Waals surface area contributed by atoms with Crippen molar-refractivity contribution in [2.24, 2.45) is 0 Å². The van der Waals surface area contributed by atoms with Crippen molar-refractivity contribution < 1.29 is 0 Å². The van der Waals surface area contributed by atoms with Crippen LogP contribution in [0.3, 0.4) is 0 Å². The van der Waals surface area contributed by atoms with E-state index in [1.807, 2.05) is 60.8 Å². The highest BCUT2D eigenvalue weighted by atomic mass is 15.0. The number of hydrogen-bond donors (Lipinski definition) is 1. The minimum atomic E-state index is 0.696. The third-order valence-electron chi connectivity index (χ3n) is 3.94. The Morgan fingerprint density at radius 2 is 1.64 bits per heavy atom. The normalized spacial score (nSPS) is 10.7. The summed E-state index contributed by atoms with van der Waals surface area (Å²) in [4.78, 5) is 17.8. The van der Waals surface area contributed by atoms with Crippen LogP contribution in [0.2, 0.25) is 0 Å². The molecule has 0 fully saturated rings. The van der Waals surface area contributed by atoms with Crippen LogP contribution in [-0.2, 0) is 6.42 Å². The van der Waals surface area contributed by atoms with Gasteiger partial charge in [0, 0.05) is 48.2 Å². The molecule has 0 saturated carbocycles. The monoisotopic (exact) mass is 327 g/mol. The lowest BCUT2D eigenvalue weighted by molar-refractivity contribution is 0.955. The second-order valence-corrected chi connectivity index (χ2v) is 5.65. The van der Waals surface area contributed by atoms with Gasteiger partial charge >= 0.3 is 0 Å². The van der Waals surface area contributed by atoms with Gasteiger partial charge in [-0.3, -0.25) is 9.97 Å². The van der Waals surface area contributed by atoms with Crippen LogP contribution in [0.4, 0.5) is 5.82 Å². The number of hydrogen-bond acceptors (Lipinski definition) is 5. The molecule has 0 aliphatic rings. The maximum absolute atomic E-state index is 4.73. The zero-order valence-electron chi connectivity index (χ0n) is 13.6. The number of pyridine rings is 2. The fourth-order valence-corrected chi connectivity index (χ4v) is 2.70. The van der Waals surface area contributed by atoms with Gasteiger partial charge < -0.3 is 5.32 Å². The number of aromatic nitrogens is 4. The van der Waals surface area contributed by atoms with Crippen molar-refractivity contribution in [3.63, 3.8) is 0 Å². The van der Waals surface area contributed by atoms with Crippen molar-refractivity contribution >= 4 is 16.7 Å². The van der Waals surface area contributed by atoms with Gasteiger partial charge in [-0.25, -0.2) is 9.97 Å². The number of anilines is 1. The summed E-state index contributed by atoms with van der Waals surface area (Å²) in [6.07, 6.45) is 6.16. The molecular weight excluding hydrogens is 310 g/mol. The van der Waals surface area contributed by atoms with Gasteiger partial charge in [0.2, 0.25) is 0 Å². The molecule has 0 aliphatic carbocycles. The third kappa shape index (κ3) is 3.45. The van der Waals surface area contributed by atoms with E-state index in [4.69, 9.17) is 4.98 Å². The zero-order chi connectivity index (χ0) is 16.9. The molecule has 1 N–H and O–H groups in total. The highest BCUT2D eigenvalue weighted by Crippen LogP contribution is 2.24. The van der Waals surface area contributed by atoms with Gasteiger partial charge in [-0.15, -0.1) is 0 Å². The van der Waals surface area contributed by atoms with Crippen molar-refractivity contribution in [2.75, 3.05) is 11.9 Å². The lowest BCUT2D eigenvalue weighted by atomic mass is 10.2. The van der Waals surface area contributed by atoms with E-state index < -0.39 is 0 Å². The van der Waals surface area contributed by atoms with E-state index in [1.165, 1.54) is 0 Å². The van der Waals surface area contributed by atoms with Gasteiger partial charge in [-0.2, -0.15) is 0 Å². The summed E-state index contributed by atoms with van der Waals surface area (Å²) in [7, 11) is 0. The lowest BCUT2D eigenvalue weighted by Gasteiger charge is -2.11. The van der Waals surface area contributed by atoms with E-state index in [1.54, 1.807) is 12.4 Å². The average molecular weight is 327 g/mol. The molecular formula is C20H17N5. The van der Waals surface area contributed by atoms with Crippen LogP contribution in [0.1, 0.15) is 5.69 Å². The van der Waals surface area contributed by atoms with Crippen molar-refractivity contribution in [2.45, 2.75) is 6.42 Å². The summed E-state index contributed by atoms with van der Waals surface area (Å²) in [5.41, 5.74) is 2.93. The summed E-state index contributed by atoms with van der Waals surface area (Å²) in [5.74, 6) is 1.54. The molecule has 3 aromatic heterocycles. The fourth-order valence-electron chi connectivity index (χ4n) is 2.70. The second kappa shape index (κ2) is 7.05. The molecule has 0 bridgehead atoms. The van der Waals surface area contributed by atoms with E-state index in [0.29, 0.717) is 5.82 Å². The van der Waals surface area contributed by atoms with Crippen LogP contribution >= 0.6 is 0 Å². The number of para-hydroxylation sites is 1. The minimum Gasteiger partial charge on any atom is -0.369 e. The fraction of sp³-hybridized carbons (Fsp3) is 0.100. The quantitative estimate of drug-likeness (QED) is 0.605. The zero-order valence-corrected chi connectivity index (χ0v) is 13.6. The molecule has 122 valence electrons. The van der Waals surface area contributed by atoms with E-state index in [2.05, 4.69) is 20.3 Å². The molecule has 5 nitrogen and oxygen atoms in total. The Morgan fingerprint density at radius 1 is 0.800 bits per heavy atom. The van der Waals surface area contributed by atoms with Gasteiger partial charge in [-0.1, -0.05) is 18.2 Å². The van der Waals surface area contributed by atoms with Crippen LogP contribution in [0, 0.1) is 0 Å².